The Hall–Kier alpha value is -2.43. The minimum Gasteiger partial charge on any atom is -0.356 e. The largest absolute Gasteiger partial charge is 0.356 e. The number of rotatable bonds is 8. The van der Waals surface area contributed by atoms with Crippen LogP contribution in [0.1, 0.15) is 31.2 Å². The molecule has 116 valence electrons. The van der Waals surface area contributed by atoms with Gasteiger partial charge in [-0.1, -0.05) is 37.3 Å². The van der Waals surface area contributed by atoms with Crippen molar-refractivity contribution in [2.75, 3.05) is 18.4 Å². The maximum absolute atomic E-state index is 11.8. The van der Waals surface area contributed by atoms with Crippen LogP contribution in [-0.4, -0.2) is 29.0 Å². The Morgan fingerprint density at radius 1 is 1.09 bits per heavy atom. The number of aromatic nitrogens is 2. The number of hydrogen-bond acceptors (Lipinski definition) is 4. The van der Waals surface area contributed by atoms with Crippen molar-refractivity contribution in [1.82, 2.24) is 15.3 Å². The number of carbonyl (C=O) groups excluding carboxylic acids is 1. The van der Waals surface area contributed by atoms with Crippen LogP contribution in [0.3, 0.4) is 0 Å². The molecule has 0 fully saturated rings. The molecule has 0 unspecified atom stereocenters. The lowest BCUT2D eigenvalue weighted by Gasteiger charge is -2.12. The van der Waals surface area contributed by atoms with E-state index in [1.807, 2.05) is 18.2 Å². The first-order chi connectivity index (χ1) is 10.8. The molecular formula is C17H22N4O. The average molecular weight is 298 g/mol. The van der Waals surface area contributed by atoms with Crippen molar-refractivity contribution in [2.45, 2.75) is 25.7 Å². The molecule has 2 N–H and O–H groups in total. The molecule has 22 heavy (non-hydrogen) atoms. The molecule has 1 aromatic heterocycles. The van der Waals surface area contributed by atoms with Crippen molar-refractivity contribution in [3.8, 4) is 0 Å². The van der Waals surface area contributed by atoms with Crippen LogP contribution in [0.4, 0.5) is 5.95 Å². The van der Waals surface area contributed by atoms with Crippen LogP contribution in [0.5, 0.6) is 0 Å². The van der Waals surface area contributed by atoms with Crippen molar-refractivity contribution in [2.24, 2.45) is 0 Å². The smallest absolute Gasteiger partial charge is 0.222 e. The molecule has 5 nitrogen and oxygen atoms in total. The summed E-state index contributed by atoms with van der Waals surface area (Å²) in [5.74, 6) is 1.04. The van der Waals surface area contributed by atoms with E-state index in [-0.39, 0.29) is 5.91 Å². The summed E-state index contributed by atoms with van der Waals surface area (Å²) in [7, 11) is 0. The number of amides is 1. The molecule has 0 bridgehead atoms. The lowest BCUT2D eigenvalue weighted by Crippen LogP contribution is -2.27. The van der Waals surface area contributed by atoms with Gasteiger partial charge in [0.25, 0.3) is 0 Å². The fourth-order valence-corrected chi connectivity index (χ4v) is 2.14. The van der Waals surface area contributed by atoms with Gasteiger partial charge in [-0.05, 0) is 24.0 Å². The van der Waals surface area contributed by atoms with Gasteiger partial charge in [-0.25, -0.2) is 9.97 Å². The third kappa shape index (κ3) is 5.52. The fraction of sp³-hybridized carbons (Fsp3) is 0.353. The second-order valence-corrected chi connectivity index (χ2v) is 5.20. The highest BCUT2D eigenvalue weighted by Gasteiger charge is 2.06. The van der Waals surface area contributed by atoms with Gasteiger partial charge in [0, 0.05) is 31.9 Å². The second-order valence-electron chi connectivity index (χ2n) is 5.20. The predicted octanol–water partition coefficient (Wildman–Crippen LogP) is 2.59. The molecule has 0 spiro atoms. The fourth-order valence-electron chi connectivity index (χ4n) is 2.14. The monoisotopic (exact) mass is 298 g/mol. The van der Waals surface area contributed by atoms with Gasteiger partial charge < -0.3 is 10.6 Å². The summed E-state index contributed by atoms with van der Waals surface area (Å²) in [5.41, 5.74) is 1.31. The summed E-state index contributed by atoms with van der Waals surface area (Å²) in [6.45, 7) is 3.40. The quantitative estimate of drug-likeness (QED) is 0.786. The minimum atomic E-state index is 0.0451. The van der Waals surface area contributed by atoms with Crippen molar-refractivity contribution >= 4 is 11.9 Å². The van der Waals surface area contributed by atoms with Crippen LogP contribution in [0.25, 0.3) is 0 Å². The highest BCUT2D eigenvalue weighted by Crippen LogP contribution is 2.17. The number of anilines is 1. The van der Waals surface area contributed by atoms with Crippen LogP contribution in [0.2, 0.25) is 0 Å². The second kappa shape index (κ2) is 8.77. The van der Waals surface area contributed by atoms with Gasteiger partial charge in [0.15, 0.2) is 0 Å². The Balaban J connectivity index is 1.60. The van der Waals surface area contributed by atoms with Gasteiger partial charge in [0.1, 0.15) is 0 Å². The van der Waals surface area contributed by atoms with E-state index >= 15 is 0 Å². The molecule has 0 saturated carbocycles. The molecule has 1 heterocycles. The summed E-state index contributed by atoms with van der Waals surface area (Å²) in [6, 6.07) is 12.1. The maximum atomic E-state index is 11.8. The molecule has 0 saturated heterocycles. The zero-order valence-electron chi connectivity index (χ0n) is 12.8. The number of nitrogens with zero attached hydrogens (tertiary/aromatic N) is 2. The van der Waals surface area contributed by atoms with Crippen LogP contribution in [0, 0.1) is 0 Å². The van der Waals surface area contributed by atoms with Crippen LogP contribution < -0.4 is 10.6 Å². The van der Waals surface area contributed by atoms with Gasteiger partial charge in [0.2, 0.25) is 11.9 Å². The van der Waals surface area contributed by atoms with Gasteiger partial charge in [-0.2, -0.15) is 0 Å². The van der Waals surface area contributed by atoms with Crippen LogP contribution in [0.15, 0.2) is 48.8 Å². The SMILES string of the molecule is C[C@H](CCNC(=O)CCNc1ncccn1)c1ccccc1. The van der Waals surface area contributed by atoms with E-state index in [9.17, 15) is 4.79 Å². The number of benzene rings is 1. The summed E-state index contributed by atoms with van der Waals surface area (Å²) in [4.78, 5) is 19.8. The van der Waals surface area contributed by atoms with Crippen LogP contribution >= 0.6 is 0 Å². The van der Waals surface area contributed by atoms with E-state index < -0.39 is 0 Å². The minimum absolute atomic E-state index is 0.0451. The predicted molar refractivity (Wildman–Crippen MR) is 87.6 cm³/mol. The van der Waals surface area contributed by atoms with Crippen molar-refractivity contribution in [1.29, 1.82) is 0 Å². The Bertz CT molecular complexity index is 559. The first-order valence-electron chi connectivity index (χ1n) is 7.58. The molecule has 0 aliphatic heterocycles. The first-order valence-corrected chi connectivity index (χ1v) is 7.58. The van der Waals surface area contributed by atoms with E-state index in [0.717, 1.165) is 6.42 Å². The number of hydrogen-bond donors (Lipinski definition) is 2. The van der Waals surface area contributed by atoms with E-state index in [1.165, 1.54) is 5.56 Å². The summed E-state index contributed by atoms with van der Waals surface area (Å²) >= 11 is 0. The molecule has 0 aliphatic rings. The van der Waals surface area contributed by atoms with E-state index in [0.29, 0.717) is 31.4 Å². The Morgan fingerprint density at radius 3 is 2.55 bits per heavy atom. The van der Waals surface area contributed by atoms with Crippen LogP contribution in [-0.2, 0) is 4.79 Å². The number of carbonyl (C=O) groups is 1. The van der Waals surface area contributed by atoms with Gasteiger partial charge in [-0.3, -0.25) is 4.79 Å². The lowest BCUT2D eigenvalue weighted by atomic mass is 9.98. The van der Waals surface area contributed by atoms with Gasteiger partial charge >= 0.3 is 0 Å². The average Bonchev–Trinajstić information content (AvgIpc) is 2.56. The molecule has 0 radical (unpaired) electrons. The molecule has 1 amide bonds. The standard InChI is InChI=1S/C17H22N4O/c1-14(15-6-3-2-4-7-15)8-12-18-16(22)9-13-21-17-19-10-5-11-20-17/h2-7,10-11,14H,8-9,12-13H2,1H3,(H,18,22)(H,19,20,21)/t14-/m1/s1. The highest BCUT2D eigenvalue weighted by molar-refractivity contribution is 5.76. The van der Waals surface area contributed by atoms with E-state index in [2.05, 4.69) is 39.7 Å². The number of nitrogens with one attached hydrogen (secondary N) is 2. The molecular weight excluding hydrogens is 276 g/mol. The zero-order chi connectivity index (χ0) is 15.6. The summed E-state index contributed by atoms with van der Waals surface area (Å²) < 4.78 is 0. The molecule has 2 rings (SSSR count). The van der Waals surface area contributed by atoms with Crippen molar-refractivity contribution < 1.29 is 4.79 Å². The molecule has 0 aliphatic carbocycles. The summed E-state index contributed by atoms with van der Waals surface area (Å²) in [5, 5.41) is 5.97. The zero-order valence-corrected chi connectivity index (χ0v) is 12.8. The lowest BCUT2D eigenvalue weighted by molar-refractivity contribution is -0.120. The molecule has 5 heteroatoms. The molecule has 1 aromatic carbocycles. The summed E-state index contributed by atoms with van der Waals surface area (Å²) in [6.07, 6.45) is 4.68. The highest BCUT2D eigenvalue weighted by atomic mass is 16.1. The molecule has 2 aromatic rings. The van der Waals surface area contributed by atoms with E-state index in [1.54, 1.807) is 18.5 Å². The van der Waals surface area contributed by atoms with Crippen molar-refractivity contribution in [3.05, 3.63) is 54.4 Å². The molecule has 1 atom stereocenters. The normalized spacial score (nSPS) is 11.7. The first kappa shape index (κ1) is 15.9. The third-order valence-corrected chi connectivity index (χ3v) is 3.47. The van der Waals surface area contributed by atoms with E-state index in [4.69, 9.17) is 0 Å². The Labute approximate surface area is 131 Å². The maximum Gasteiger partial charge on any atom is 0.222 e. The Morgan fingerprint density at radius 2 is 1.82 bits per heavy atom. The van der Waals surface area contributed by atoms with Gasteiger partial charge in [-0.15, -0.1) is 0 Å². The van der Waals surface area contributed by atoms with Crippen molar-refractivity contribution in [3.63, 3.8) is 0 Å². The topological polar surface area (TPSA) is 66.9 Å². The third-order valence-electron chi connectivity index (χ3n) is 3.47. The van der Waals surface area contributed by atoms with Gasteiger partial charge in [0.05, 0.1) is 0 Å². The Kier molecular flexibility index (Phi) is 6.36.